The third-order valence-electron chi connectivity index (χ3n) is 3.53. The lowest BCUT2D eigenvalue weighted by Gasteiger charge is -2.18. The average Bonchev–Trinajstić information content (AvgIpc) is 2.52. The van der Waals surface area contributed by atoms with Crippen molar-refractivity contribution in [2.75, 3.05) is 0 Å². The number of aryl methyl sites for hydroxylation is 1. The maximum Gasteiger partial charge on any atom is 0.125 e. The molecular formula is C18H23NOS. The lowest BCUT2D eigenvalue weighted by molar-refractivity contribution is 0.559. The van der Waals surface area contributed by atoms with Crippen LogP contribution in [0.5, 0.6) is 0 Å². The molecule has 0 fully saturated rings. The van der Waals surface area contributed by atoms with E-state index in [0.29, 0.717) is 0 Å². The molecular weight excluding hydrogens is 278 g/mol. The Labute approximate surface area is 130 Å². The van der Waals surface area contributed by atoms with E-state index in [1.54, 1.807) is 0 Å². The van der Waals surface area contributed by atoms with Crippen LogP contribution in [0, 0.1) is 6.92 Å². The average molecular weight is 301 g/mol. The molecule has 0 amide bonds. The second kappa shape index (κ2) is 8.11. The number of rotatable bonds is 7. The van der Waals surface area contributed by atoms with Gasteiger partial charge in [0.25, 0.3) is 0 Å². The van der Waals surface area contributed by atoms with Gasteiger partial charge >= 0.3 is 0 Å². The third kappa shape index (κ3) is 4.80. The molecule has 3 heteroatoms. The first kappa shape index (κ1) is 15.9. The van der Waals surface area contributed by atoms with Crippen molar-refractivity contribution in [2.24, 2.45) is 0 Å². The molecule has 0 aromatic heterocycles. The number of hydrogen-bond donors (Lipinski definition) is 1. The Morgan fingerprint density at radius 2 is 1.71 bits per heavy atom. The Balaban J connectivity index is 2.11. The predicted octanol–water partition coefficient (Wildman–Crippen LogP) is 4.54. The van der Waals surface area contributed by atoms with E-state index in [0.717, 1.165) is 24.2 Å². The van der Waals surface area contributed by atoms with Crippen LogP contribution in [-0.4, -0.2) is 4.21 Å². The van der Waals surface area contributed by atoms with E-state index in [1.165, 1.54) is 11.1 Å². The molecule has 0 radical (unpaired) electrons. The standard InChI is InChI=1S/C18H23NOS/c1-3-4-10-18(16-8-6-5-7-9-16)19-21(20)17-13-11-15(2)12-14-17/h5-9,11-14,18-19H,3-4,10H2,1-2H3/t18-,21?/m0/s1. The highest BCUT2D eigenvalue weighted by molar-refractivity contribution is 7.83. The fourth-order valence-corrected chi connectivity index (χ4v) is 3.28. The van der Waals surface area contributed by atoms with E-state index >= 15 is 0 Å². The van der Waals surface area contributed by atoms with E-state index < -0.39 is 11.0 Å². The summed E-state index contributed by atoms with van der Waals surface area (Å²) in [7, 11) is -1.18. The van der Waals surface area contributed by atoms with Crippen molar-refractivity contribution in [3.63, 3.8) is 0 Å². The molecule has 0 saturated heterocycles. The zero-order valence-electron chi connectivity index (χ0n) is 12.7. The quantitative estimate of drug-likeness (QED) is 0.799. The molecule has 2 aromatic rings. The molecule has 2 nitrogen and oxygen atoms in total. The molecule has 1 unspecified atom stereocenters. The highest BCUT2D eigenvalue weighted by Crippen LogP contribution is 2.21. The van der Waals surface area contributed by atoms with Gasteiger partial charge in [-0.3, -0.25) is 0 Å². The molecule has 2 aromatic carbocycles. The van der Waals surface area contributed by atoms with Crippen molar-refractivity contribution < 1.29 is 4.21 Å². The lowest BCUT2D eigenvalue weighted by Crippen LogP contribution is -2.23. The maximum absolute atomic E-state index is 12.5. The van der Waals surface area contributed by atoms with Crippen LogP contribution in [0.3, 0.4) is 0 Å². The molecule has 21 heavy (non-hydrogen) atoms. The molecule has 112 valence electrons. The molecule has 0 bridgehead atoms. The van der Waals surface area contributed by atoms with Gasteiger partial charge in [0.05, 0.1) is 4.90 Å². The van der Waals surface area contributed by atoms with Gasteiger partial charge in [-0.15, -0.1) is 0 Å². The van der Waals surface area contributed by atoms with Crippen LogP contribution in [0.1, 0.15) is 43.4 Å². The van der Waals surface area contributed by atoms with Crippen LogP contribution in [0.15, 0.2) is 59.5 Å². The predicted molar refractivity (Wildman–Crippen MR) is 89.4 cm³/mol. The summed E-state index contributed by atoms with van der Waals surface area (Å²) < 4.78 is 15.8. The third-order valence-corrected chi connectivity index (χ3v) is 4.73. The van der Waals surface area contributed by atoms with E-state index in [-0.39, 0.29) is 6.04 Å². The van der Waals surface area contributed by atoms with Gasteiger partial charge < -0.3 is 0 Å². The minimum Gasteiger partial charge on any atom is -0.237 e. The van der Waals surface area contributed by atoms with Crippen molar-refractivity contribution in [1.29, 1.82) is 0 Å². The Morgan fingerprint density at radius 3 is 2.33 bits per heavy atom. The fourth-order valence-electron chi connectivity index (χ4n) is 2.25. The molecule has 0 aliphatic heterocycles. The maximum atomic E-state index is 12.5. The number of benzene rings is 2. The van der Waals surface area contributed by atoms with Gasteiger partial charge in [-0.25, -0.2) is 8.93 Å². The lowest BCUT2D eigenvalue weighted by atomic mass is 10.0. The van der Waals surface area contributed by atoms with Crippen LogP contribution in [0.4, 0.5) is 0 Å². The first-order valence-electron chi connectivity index (χ1n) is 7.50. The monoisotopic (exact) mass is 301 g/mol. The fraction of sp³-hybridized carbons (Fsp3) is 0.333. The number of nitrogens with one attached hydrogen (secondary N) is 1. The van der Waals surface area contributed by atoms with Crippen LogP contribution in [0.25, 0.3) is 0 Å². The molecule has 0 aliphatic rings. The molecule has 2 rings (SSSR count). The Hall–Kier alpha value is -1.45. The second-order valence-corrected chi connectivity index (χ2v) is 6.55. The van der Waals surface area contributed by atoms with Gasteiger partial charge in [0.2, 0.25) is 0 Å². The molecule has 1 N–H and O–H groups in total. The molecule has 0 aliphatic carbocycles. The second-order valence-electron chi connectivity index (χ2n) is 5.31. The number of unbranched alkanes of at least 4 members (excludes halogenated alkanes) is 1. The summed E-state index contributed by atoms with van der Waals surface area (Å²) in [6, 6.07) is 18.3. The van der Waals surface area contributed by atoms with Crippen molar-refractivity contribution >= 4 is 11.0 Å². The van der Waals surface area contributed by atoms with Crippen LogP contribution in [0.2, 0.25) is 0 Å². The Bertz CT molecular complexity index is 566. The Kier molecular flexibility index (Phi) is 6.15. The summed E-state index contributed by atoms with van der Waals surface area (Å²) in [6.45, 7) is 4.22. The smallest absolute Gasteiger partial charge is 0.125 e. The minimum atomic E-state index is -1.18. The molecule has 0 spiro atoms. The van der Waals surface area contributed by atoms with Crippen molar-refractivity contribution in [3.8, 4) is 0 Å². The number of hydrogen-bond acceptors (Lipinski definition) is 1. The summed E-state index contributed by atoms with van der Waals surface area (Å²) in [4.78, 5) is 0.832. The van der Waals surface area contributed by atoms with E-state index in [9.17, 15) is 4.21 Å². The van der Waals surface area contributed by atoms with Gasteiger partial charge in [-0.2, -0.15) is 0 Å². The van der Waals surface area contributed by atoms with Gasteiger partial charge in [-0.1, -0.05) is 67.8 Å². The van der Waals surface area contributed by atoms with Crippen molar-refractivity contribution in [3.05, 3.63) is 65.7 Å². The zero-order chi connectivity index (χ0) is 15.1. The van der Waals surface area contributed by atoms with Crippen LogP contribution in [-0.2, 0) is 11.0 Å². The molecule has 0 saturated carbocycles. The summed E-state index contributed by atoms with van der Waals surface area (Å²) in [5.41, 5.74) is 2.38. The summed E-state index contributed by atoms with van der Waals surface area (Å²) in [5.74, 6) is 0. The van der Waals surface area contributed by atoms with Crippen LogP contribution >= 0.6 is 0 Å². The van der Waals surface area contributed by atoms with Crippen LogP contribution < -0.4 is 4.72 Å². The SMILES string of the molecule is CCCC[C@H](NS(=O)c1ccc(C)cc1)c1ccccc1. The first-order chi connectivity index (χ1) is 10.2. The van der Waals surface area contributed by atoms with Gasteiger partial charge in [0.15, 0.2) is 0 Å². The van der Waals surface area contributed by atoms with E-state index in [4.69, 9.17) is 0 Å². The highest BCUT2D eigenvalue weighted by Gasteiger charge is 2.14. The minimum absolute atomic E-state index is 0.133. The summed E-state index contributed by atoms with van der Waals surface area (Å²) >= 11 is 0. The largest absolute Gasteiger partial charge is 0.237 e. The summed E-state index contributed by atoms with van der Waals surface area (Å²) in [6.07, 6.45) is 3.26. The van der Waals surface area contributed by atoms with E-state index in [2.05, 4.69) is 23.8 Å². The van der Waals surface area contributed by atoms with Gasteiger partial charge in [-0.05, 0) is 31.0 Å². The first-order valence-corrected chi connectivity index (χ1v) is 8.65. The Morgan fingerprint density at radius 1 is 1.05 bits per heavy atom. The van der Waals surface area contributed by atoms with Crippen molar-refractivity contribution in [2.45, 2.75) is 44.0 Å². The van der Waals surface area contributed by atoms with Gasteiger partial charge in [0, 0.05) is 6.04 Å². The topological polar surface area (TPSA) is 29.1 Å². The molecule has 2 atom stereocenters. The van der Waals surface area contributed by atoms with Gasteiger partial charge in [0.1, 0.15) is 11.0 Å². The normalized spacial score (nSPS) is 13.8. The summed E-state index contributed by atoms with van der Waals surface area (Å²) in [5, 5.41) is 0. The van der Waals surface area contributed by atoms with Crippen molar-refractivity contribution in [1.82, 2.24) is 4.72 Å². The zero-order valence-corrected chi connectivity index (χ0v) is 13.5. The highest BCUT2D eigenvalue weighted by atomic mass is 32.2. The van der Waals surface area contributed by atoms with E-state index in [1.807, 2.05) is 49.4 Å². The molecule has 0 heterocycles.